The Morgan fingerprint density at radius 2 is 0.941 bits per heavy atom. The first-order valence-electron chi connectivity index (χ1n) is 17.3. The molecule has 2 nitrogen and oxygen atoms in total. The molecule has 0 aliphatic rings. The molecule has 0 fully saturated rings. The highest BCUT2D eigenvalue weighted by atomic mass is 32.1. The molecule has 2 heterocycles. The minimum Gasteiger partial charge on any atom is -0.454 e. The number of fused-ring (bicyclic) bond motifs is 6. The molecular weight excluding hydrogens is 639 g/mol. The van der Waals surface area contributed by atoms with Gasteiger partial charge in [-0.1, -0.05) is 140 Å². The van der Waals surface area contributed by atoms with Crippen molar-refractivity contribution < 1.29 is 4.42 Å². The van der Waals surface area contributed by atoms with Crippen molar-refractivity contribution in [2.45, 2.75) is 0 Å². The van der Waals surface area contributed by atoms with E-state index in [1.165, 1.54) is 48.0 Å². The highest BCUT2D eigenvalue weighted by Crippen LogP contribution is 2.46. The molecule has 10 aromatic rings. The summed E-state index contributed by atoms with van der Waals surface area (Å²) in [6, 6.07) is 67.2. The first-order valence-corrected chi connectivity index (χ1v) is 18.1. The number of benzene rings is 8. The Hall–Kier alpha value is -6.42. The van der Waals surface area contributed by atoms with Crippen LogP contribution in [0.3, 0.4) is 0 Å². The van der Waals surface area contributed by atoms with Crippen LogP contribution in [-0.4, -0.2) is 0 Å². The molecule has 0 aliphatic heterocycles. The van der Waals surface area contributed by atoms with Crippen LogP contribution in [0, 0.1) is 0 Å². The van der Waals surface area contributed by atoms with E-state index < -0.39 is 0 Å². The van der Waals surface area contributed by atoms with Crippen molar-refractivity contribution in [3.63, 3.8) is 0 Å². The zero-order valence-electron chi connectivity index (χ0n) is 27.7. The molecule has 0 aliphatic carbocycles. The van der Waals surface area contributed by atoms with Gasteiger partial charge in [-0.05, 0) is 81.9 Å². The zero-order valence-corrected chi connectivity index (χ0v) is 28.5. The Bertz CT molecular complexity index is 2830. The molecule has 0 saturated heterocycles. The Labute approximate surface area is 300 Å². The van der Waals surface area contributed by atoms with Crippen molar-refractivity contribution in [1.82, 2.24) is 0 Å². The second kappa shape index (κ2) is 12.2. The number of furan rings is 1. The average Bonchev–Trinajstić information content (AvgIpc) is 3.78. The molecule has 0 atom stereocenters. The fraction of sp³-hybridized carbons (Fsp3) is 0. The van der Waals surface area contributed by atoms with Crippen LogP contribution in [0.15, 0.2) is 192 Å². The first kappa shape index (κ1) is 29.5. The topological polar surface area (TPSA) is 16.4 Å². The van der Waals surface area contributed by atoms with E-state index in [9.17, 15) is 0 Å². The standard InChI is InChI=1S/C48H31NOS/c1-3-11-32(12-4-1)33-19-24-37(25-20-33)49(38-26-21-34(22-27-38)36-23-28-41-40-15-8-10-18-45(40)51-46(41)31-36)43-30-29-39(35-13-5-2-6-14-35)47-42-16-7-9-17-44(42)50-48(43)47/h1-31H. The fourth-order valence-electron chi connectivity index (χ4n) is 7.42. The summed E-state index contributed by atoms with van der Waals surface area (Å²) >= 11 is 1.86. The minimum absolute atomic E-state index is 0.865. The van der Waals surface area contributed by atoms with E-state index in [4.69, 9.17) is 4.42 Å². The fourth-order valence-corrected chi connectivity index (χ4v) is 8.56. The molecule has 3 heteroatoms. The van der Waals surface area contributed by atoms with E-state index in [0.717, 1.165) is 44.6 Å². The first-order chi connectivity index (χ1) is 25.3. The van der Waals surface area contributed by atoms with Gasteiger partial charge in [-0.25, -0.2) is 0 Å². The molecular formula is C48H31NOS. The maximum absolute atomic E-state index is 6.78. The molecule has 240 valence electrons. The van der Waals surface area contributed by atoms with E-state index in [2.05, 4.69) is 187 Å². The van der Waals surface area contributed by atoms with Crippen molar-refractivity contribution in [2.24, 2.45) is 0 Å². The third kappa shape index (κ3) is 5.10. The Morgan fingerprint density at radius 1 is 0.392 bits per heavy atom. The number of para-hydroxylation sites is 1. The summed E-state index contributed by atoms with van der Waals surface area (Å²) in [6.45, 7) is 0. The van der Waals surface area contributed by atoms with Crippen molar-refractivity contribution in [3.8, 4) is 33.4 Å². The summed E-state index contributed by atoms with van der Waals surface area (Å²) in [7, 11) is 0. The summed E-state index contributed by atoms with van der Waals surface area (Å²) in [5.41, 5.74) is 12.0. The third-order valence-electron chi connectivity index (χ3n) is 9.90. The largest absolute Gasteiger partial charge is 0.454 e. The van der Waals surface area contributed by atoms with Gasteiger partial charge < -0.3 is 9.32 Å². The van der Waals surface area contributed by atoms with Crippen LogP contribution in [0.5, 0.6) is 0 Å². The normalized spacial score (nSPS) is 11.5. The van der Waals surface area contributed by atoms with Crippen LogP contribution >= 0.6 is 11.3 Å². The highest BCUT2D eigenvalue weighted by molar-refractivity contribution is 7.25. The summed E-state index contributed by atoms with van der Waals surface area (Å²) in [4.78, 5) is 2.33. The van der Waals surface area contributed by atoms with Gasteiger partial charge in [-0.15, -0.1) is 11.3 Å². The van der Waals surface area contributed by atoms with Gasteiger partial charge in [-0.3, -0.25) is 0 Å². The quantitative estimate of drug-likeness (QED) is 0.175. The zero-order chi connectivity index (χ0) is 33.7. The van der Waals surface area contributed by atoms with Crippen LogP contribution in [0.1, 0.15) is 0 Å². The van der Waals surface area contributed by atoms with E-state index >= 15 is 0 Å². The number of thiophene rings is 1. The van der Waals surface area contributed by atoms with Gasteiger partial charge in [-0.2, -0.15) is 0 Å². The number of rotatable bonds is 6. The molecule has 8 aromatic carbocycles. The van der Waals surface area contributed by atoms with Gasteiger partial charge in [0.15, 0.2) is 5.58 Å². The smallest absolute Gasteiger partial charge is 0.160 e. The molecule has 0 unspecified atom stereocenters. The van der Waals surface area contributed by atoms with Gasteiger partial charge >= 0.3 is 0 Å². The molecule has 51 heavy (non-hydrogen) atoms. The lowest BCUT2D eigenvalue weighted by Gasteiger charge is -2.26. The number of anilines is 3. The van der Waals surface area contributed by atoms with Gasteiger partial charge in [0.25, 0.3) is 0 Å². The maximum Gasteiger partial charge on any atom is 0.160 e. The van der Waals surface area contributed by atoms with Gasteiger partial charge in [0.2, 0.25) is 0 Å². The van der Waals surface area contributed by atoms with Gasteiger partial charge in [0.05, 0.1) is 5.69 Å². The SMILES string of the molecule is c1ccc(-c2ccc(N(c3ccc(-c4ccc5c(c4)sc4ccccc45)cc3)c3ccc(-c4ccccc4)c4c3oc3ccccc34)cc2)cc1. The predicted octanol–water partition coefficient (Wildman–Crippen LogP) is 14.4. The molecule has 0 spiro atoms. The molecule has 0 radical (unpaired) electrons. The lowest BCUT2D eigenvalue weighted by Crippen LogP contribution is -2.10. The van der Waals surface area contributed by atoms with E-state index in [1.807, 2.05) is 17.4 Å². The second-order valence-electron chi connectivity index (χ2n) is 12.9. The summed E-state index contributed by atoms with van der Waals surface area (Å²) in [5, 5.41) is 4.87. The Morgan fingerprint density at radius 3 is 1.67 bits per heavy atom. The Balaban J connectivity index is 1.13. The molecule has 0 N–H and O–H groups in total. The number of nitrogens with zero attached hydrogens (tertiary/aromatic N) is 1. The van der Waals surface area contributed by atoms with Crippen molar-refractivity contribution in [3.05, 3.63) is 188 Å². The average molecular weight is 670 g/mol. The van der Waals surface area contributed by atoms with E-state index in [1.54, 1.807) is 0 Å². The molecule has 0 saturated carbocycles. The van der Waals surface area contributed by atoms with Crippen LogP contribution < -0.4 is 4.90 Å². The Kier molecular flexibility index (Phi) is 7.04. The van der Waals surface area contributed by atoms with E-state index in [0.29, 0.717) is 0 Å². The molecule has 0 amide bonds. The van der Waals surface area contributed by atoms with Crippen molar-refractivity contribution in [2.75, 3.05) is 4.90 Å². The third-order valence-corrected chi connectivity index (χ3v) is 11.0. The lowest BCUT2D eigenvalue weighted by atomic mass is 9.98. The molecule has 10 rings (SSSR count). The molecule has 0 bridgehead atoms. The highest BCUT2D eigenvalue weighted by Gasteiger charge is 2.22. The second-order valence-corrected chi connectivity index (χ2v) is 14.0. The monoisotopic (exact) mass is 669 g/mol. The van der Waals surface area contributed by atoms with Crippen LogP contribution in [-0.2, 0) is 0 Å². The van der Waals surface area contributed by atoms with Crippen molar-refractivity contribution >= 4 is 70.5 Å². The van der Waals surface area contributed by atoms with Crippen LogP contribution in [0.2, 0.25) is 0 Å². The predicted molar refractivity (Wildman–Crippen MR) is 218 cm³/mol. The lowest BCUT2D eigenvalue weighted by molar-refractivity contribution is 0.669. The molecule has 2 aromatic heterocycles. The van der Waals surface area contributed by atoms with Crippen molar-refractivity contribution in [1.29, 1.82) is 0 Å². The summed E-state index contributed by atoms with van der Waals surface area (Å²) < 4.78 is 9.41. The maximum atomic E-state index is 6.78. The minimum atomic E-state index is 0.865. The van der Waals surface area contributed by atoms with E-state index in [-0.39, 0.29) is 0 Å². The number of hydrogen-bond donors (Lipinski definition) is 0. The number of hydrogen-bond acceptors (Lipinski definition) is 3. The van der Waals surface area contributed by atoms with Crippen LogP contribution in [0.25, 0.3) is 75.5 Å². The summed E-state index contributed by atoms with van der Waals surface area (Å²) in [5.74, 6) is 0. The van der Waals surface area contributed by atoms with Gasteiger partial charge in [0, 0.05) is 42.3 Å². The van der Waals surface area contributed by atoms with Crippen LogP contribution in [0.4, 0.5) is 17.1 Å². The van der Waals surface area contributed by atoms with Gasteiger partial charge in [0.1, 0.15) is 5.58 Å². The summed E-state index contributed by atoms with van der Waals surface area (Å²) in [6.07, 6.45) is 0.